The molecule has 2 aromatic carbocycles. The summed E-state index contributed by atoms with van der Waals surface area (Å²) in [7, 11) is -3.83. The lowest BCUT2D eigenvalue weighted by atomic mass is 9.91. The third-order valence-corrected chi connectivity index (χ3v) is 7.35. The van der Waals surface area contributed by atoms with Crippen LogP contribution in [0.2, 0.25) is 5.02 Å². The molecule has 0 aromatic heterocycles. The maximum atomic E-state index is 12.7. The maximum Gasteiger partial charge on any atom is 0.325 e. The van der Waals surface area contributed by atoms with Crippen molar-refractivity contribution in [1.82, 2.24) is 9.31 Å². The van der Waals surface area contributed by atoms with Crippen molar-refractivity contribution in [2.45, 2.75) is 25.2 Å². The predicted molar refractivity (Wildman–Crippen MR) is 122 cm³/mol. The largest absolute Gasteiger partial charge is 0.325 e. The minimum absolute atomic E-state index is 0.0750. The van der Waals surface area contributed by atoms with Crippen LogP contribution in [-0.2, 0) is 10.2 Å². The Kier molecular flexibility index (Phi) is 6.43. The number of amidine groups is 1. The maximum absolute atomic E-state index is 12.7. The second kappa shape index (κ2) is 9.06. The Morgan fingerprint density at radius 2 is 1.67 bits per heavy atom. The molecule has 0 bridgehead atoms. The van der Waals surface area contributed by atoms with Gasteiger partial charge in [-0.25, -0.2) is 5.01 Å². The van der Waals surface area contributed by atoms with Gasteiger partial charge in [-0.05, 0) is 47.7 Å². The minimum Gasteiger partial charge on any atom is -0.236 e. The Bertz CT molecular complexity index is 1050. The first-order chi connectivity index (χ1) is 14.4. The average Bonchev–Trinajstić information content (AvgIpc) is 3.21. The predicted octanol–water partition coefficient (Wildman–Crippen LogP) is 4.47. The smallest absolute Gasteiger partial charge is 0.236 e. The van der Waals surface area contributed by atoms with Gasteiger partial charge in [0.2, 0.25) is 5.29 Å². The van der Waals surface area contributed by atoms with Crippen molar-refractivity contribution in [3.63, 3.8) is 0 Å². The minimum atomic E-state index is -3.83. The van der Waals surface area contributed by atoms with Crippen molar-refractivity contribution in [2.24, 2.45) is 9.50 Å². The summed E-state index contributed by atoms with van der Waals surface area (Å²) >= 11 is 12.4. The molecule has 6 nitrogen and oxygen atoms in total. The van der Waals surface area contributed by atoms with Crippen LogP contribution in [0.3, 0.4) is 0 Å². The summed E-state index contributed by atoms with van der Waals surface area (Å²) in [5, 5.41) is 6.59. The number of benzene rings is 2. The summed E-state index contributed by atoms with van der Waals surface area (Å²) in [4.78, 5) is 0. The van der Waals surface area contributed by atoms with Crippen molar-refractivity contribution < 1.29 is 8.42 Å². The molecule has 1 fully saturated rings. The van der Waals surface area contributed by atoms with E-state index in [4.69, 9.17) is 23.2 Å². The second-order valence-corrected chi connectivity index (χ2v) is 9.70. The van der Waals surface area contributed by atoms with Crippen molar-refractivity contribution in [3.05, 3.63) is 70.7 Å². The Morgan fingerprint density at radius 3 is 2.33 bits per heavy atom. The van der Waals surface area contributed by atoms with Gasteiger partial charge in [0.15, 0.2) is 0 Å². The van der Waals surface area contributed by atoms with E-state index in [2.05, 4.69) is 9.50 Å². The van der Waals surface area contributed by atoms with Crippen LogP contribution >= 0.6 is 23.2 Å². The highest BCUT2D eigenvalue weighted by Crippen LogP contribution is 2.30. The van der Waals surface area contributed by atoms with E-state index in [0.717, 1.165) is 36.1 Å². The van der Waals surface area contributed by atoms with Gasteiger partial charge in [-0.3, -0.25) is 0 Å². The molecule has 1 unspecified atom stereocenters. The number of halogens is 2. The zero-order chi connectivity index (χ0) is 21.1. The molecule has 9 heteroatoms. The van der Waals surface area contributed by atoms with Crippen LogP contribution < -0.4 is 0 Å². The van der Waals surface area contributed by atoms with Gasteiger partial charge in [0.1, 0.15) is 0 Å². The molecule has 2 aliphatic heterocycles. The molecule has 1 atom stereocenters. The van der Waals surface area contributed by atoms with E-state index in [1.807, 2.05) is 42.5 Å². The van der Waals surface area contributed by atoms with E-state index >= 15 is 0 Å². The molecule has 2 aromatic rings. The summed E-state index contributed by atoms with van der Waals surface area (Å²) in [6.07, 6.45) is 2.71. The van der Waals surface area contributed by atoms with Crippen LogP contribution in [0.15, 0.2) is 64.1 Å². The lowest BCUT2D eigenvalue weighted by Gasteiger charge is -2.24. The summed E-state index contributed by atoms with van der Waals surface area (Å²) < 4.78 is 30.6. The molecule has 0 amide bonds. The van der Waals surface area contributed by atoms with E-state index < -0.39 is 10.2 Å². The molecule has 1 saturated heterocycles. The van der Waals surface area contributed by atoms with Crippen LogP contribution in [-0.4, -0.2) is 48.4 Å². The van der Waals surface area contributed by atoms with Gasteiger partial charge >= 0.3 is 10.2 Å². The van der Waals surface area contributed by atoms with Crippen molar-refractivity contribution in [1.29, 1.82) is 0 Å². The van der Waals surface area contributed by atoms with Crippen molar-refractivity contribution in [3.8, 4) is 0 Å². The summed E-state index contributed by atoms with van der Waals surface area (Å²) in [5.41, 5.74) is 2.76. The fourth-order valence-corrected chi connectivity index (χ4v) is 5.35. The molecular formula is C21H22Cl2N4O2S. The van der Waals surface area contributed by atoms with Gasteiger partial charge in [0.05, 0.1) is 12.3 Å². The quantitative estimate of drug-likeness (QED) is 0.380. The number of hydrogen-bond donors (Lipinski definition) is 0. The SMILES string of the molecule is O=S(=O)(N=C(Cl)N1CC(c2ccccc2)C(c2ccc(Cl)cc2)=N1)N1CCCCC1. The molecule has 0 aliphatic carbocycles. The standard InChI is InChI=1S/C21H22Cl2N4O2S/c22-18-11-9-17(10-12-18)20-19(16-7-3-1-4-8-16)15-27(24-20)21(23)25-30(28,29)26-13-5-2-6-14-26/h1,3-4,7-12,19H,2,5-6,13-15H2. The van der Waals surface area contributed by atoms with Crippen LogP contribution in [0.5, 0.6) is 0 Å². The third-order valence-electron chi connectivity index (χ3n) is 5.30. The second-order valence-electron chi connectivity index (χ2n) is 7.34. The molecule has 0 radical (unpaired) electrons. The lowest BCUT2D eigenvalue weighted by molar-refractivity contribution is 0.347. The highest BCUT2D eigenvalue weighted by Gasteiger charge is 2.32. The first kappa shape index (κ1) is 21.3. The van der Waals surface area contributed by atoms with E-state index in [-0.39, 0.29) is 11.2 Å². The molecule has 30 heavy (non-hydrogen) atoms. The Balaban J connectivity index is 1.65. The number of hydrogen-bond acceptors (Lipinski definition) is 3. The summed E-state index contributed by atoms with van der Waals surface area (Å²) in [5.74, 6) is -0.0750. The van der Waals surface area contributed by atoms with E-state index in [0.29, 0.717) is 24.7 Å². The van der Waals surface area contributed by atoms with Gasteiger partial charge < -0.3 is 0 Å². The zero-order valence-electron chi connectivity index (χ0n) is 16.3. The van der Waals surface area contributed by atoms with Crippen molar-refractivity contribution in [2.75, 3.05) is 19.6 Å². The number of rotatable bonds is 4. The first-order valence-electron chi connectivity index (χ1n) is 9.86. The highest BCUT2D eigenvalue weighted by atomic mass is 35.5. The molecule has 0 saturated carbocycles. The van der Waals surface area contributed by atoms with E-state index in [1.54, 1.807) is 12.1 Å². The molecule has 158 valence electrons. The fraction of sp³-hybridized carbons (Fsp3) is 0.333. The monoisotopic (exact) mass is 464 g/mol. The van der Waals surface area contributed by atoms with Gasteiger partial charge in [0, 0.05) is 24.0 Å². The van der Waals surface area contributed by atoms with Gasteiger partial charge in [-0.15, -0.1) is 4.40 Å². The van der Waals surface area contributed by atoms with Gasteiger partial charge in [0.25, 0.3) is 0 Å². The topological polar surface area (TPSA) is 65.3 Å². The average molecular weight is 465 g/mol. The number of nitrogens with zero attached hydrogens (tertiary/aromatic N) is 4. The van der Waals surface area contributed by atoms with Gasteiger partial charge in [-0.1, -0.05) is 60.5 Å². The molecule has 2 heterocycles. The Hall–Kier alpha value is -1.93. The molecule has 0 spiro atoms. The molecule has 2 aliphatic rings. The number of piperidine rings is 1. The normalized spacial score (nSPS) is 21.0. The molecule has 0 N–H and O–H groups in total. The van der Waals surface area contributed by atoms with Crippen LogP contribution in [0.1, 0.15) is 36.3 Å². The summed E-state index contributed by atoms with van der Waals surface area (Å²) in [6.45, 7) is 1.35. The third kappa shape index (κ3) is 4.70. The van der Waals surface area contributed by atoms with E-state index in [1.165, 1.54) is 9.31 Å². The van der Waals surface area contributed by atoms with E-state index in [9.17, 15) is 8.42 Å². The first-order valence-corrected chi connectivity index (χ1v) is 12.0. The Labute approximate surface area is 187 Å². The fourth-order valence-electron chi connectivity index (χ4n) is 3.74. The highest BCUT2D eigenvalue weighted by molar-refractivity contribution is 7.88. The summed E-state index contributed by atoms with van der Waals surface area (Å²) in [6, 6.07) is 17.3. The molecule has 4 rings (SSSR count). The number of hydrazone groups is 1. The van der Waals surface area contributed by atoms with Crippen LogP contribution in [0, 0.1) is 0 Å². The molecular weight excluding hydrogens is 443 g/mol. The zero-order valence-corrected chi connectivity index (χ0v) is 18.6. The Morgan fingerprint density at radius 1 is 1.00 bits per heavy atom. The van der Waals surface area contributed by atoms with Gasteiger partial charge in [-0.2, -0.15) is 17.8 Å². The van der Waals surface area contributed by atoms with Crippen LogP contribution in [0.4, 0.5) is 0 Å². The lowest BCUT2D eigenvalue weighted by Crippen LogP contribution is -2.35. The van der Waals surface area contributed by atoms with Crippen molar-refractivity contribution >= 4 is 44.4 Å². The van der Waals surface area contributed by atoms with Crippen LogP contribution in [0.25, 0.3) is 0 Å².